The number of hydrogen-bond acceptors (Lipinski definition) is 3. The van der Waals surface area contributed by atoms with Gasteiger partial charge in [-0.15, -0.1) is 0 Å². The normalized spacial score (nSPS) is 12.7. The molecule has 0 amide bonds. The van der Waals surface area contributed by atoms with E-state index < -0.39 is 35.0 Å². The lowest BCUT2D eigenvalue weighted by Crippen LogP contribution is -2.36. The van der Waals surface area contributed by atoms with Crippen molar-refractivity contribution in [2.24, 2.45) is 0 Å². The van der Waals surface area contributed by atoms with Gasteiger partial charge in [0.1, 0.15) is 5.69 Å². The van der Waals surface area contributed by atoms with Crippen LogP contribution in [0.25, 0.3) is 11.0 Å². The molecule has 0 fully saturated rings. The quantitative estimate of drug-likeness (QED) is 0.864. The van der Waals surface area contributed by atoms with Crippen LogP contribution in [0.1, 0.15) is 16.1 Å². The van der Waals surface area contributed by atoms with Crippen molar-refractivity contribution < 1.29 is 31.9 Å². The van der Waals surface area contributed by atoms with Gasteiger partial charge in [0.15, 0.2) is 5.65 Å². The van der Waals surface area contributed by atoms with Crippen molar-refractivity contribution in [2.45, 2.75) is 12.1 Å². The molecule has 0 radical (unpaired) electrons. The van der Waals surface area contributed by atoms with E-state index in [0.717, 1.165) is 6.20 Å². The zero-order valence-electron chi connectivity index (χ0n) is 9.45. The summed E-state index contributed by atoms with van der Waals surface area (Å²) in [6.45, 7) is 0. The Hall–Kier alpha value is -2.32. The molecule has 2 aromatic heterocycles. The molecule has 4 nitrogen and oxygen atoms in total. The molecule has 0 spiro atoms. The van der Waals surface area contributed by atoms with Gasteiger partial charge in [-0.2, -0.15) is 22.0 Å². The number of aromatic nitrogens is 2. The minimum absolute atomic E-state index is 0.0478. The van der Waals surface area contributed by atoms with E-state index in [9.17, 15) is 26.7 Å². The Balaban J connectivity index is 2.80. The molecule has 0 atom stereocenters. The Morgan fingerprint density at radius 1 is 1.20 bits per heavy atom. The fraction of sp³-hybridized carbons (Fsp3) is 0.182. The highest BCUT2D eigenvalue weighted by molar-refractivity contribution is 5.93. The molecule has 0 saturated carbocycles. The monoisotopic (exact) mass is 292 g/mol. The van der Waals surface area contributed by atoms with E-state index >= 15 is 0 Å². The summed E-state index contributed by atoms with van der Waals surface area (Å²) in [4.78, 5) is 17.5. The number of carboxylic acid groups (broad SMARTS) is 1. The second-order valence-electron chi connectivity index (χ2n) is 3.81. The first-order chi connectivity index (χ1) is 9.14. The molecule has 106 valence electrons. The number of carbonyl (C=O) groups is 1. The number of aromatic carboxylic acids is 1. The molecule has 0 bridgehead atoms. The number of alkyl halides is 5. The summed E-state index contributed by atoms with van der Waals surface area (Å²) in [6.07, 6.45) is -4.81. The minimum atomic E-state index is -5.95. The Morgan fingerprint density at radius 2 is 1.85 bits per heavy atom. The topological polar surface area (TPSA) is 63.1 Å². The first-order valence-electron chi connectivity index (χ1n) is 5.08. The van der Waals surface area contributed by atoms with Crippen molar-refractivity contribution in [3.05, 3.63) is 35.7 Å². The van der Waals surface area contributed by atoms with Crippen LogP contribution in [0.15, 0.2) is 24.4 Å². The molecular formula is C11H5F5N2O2. The van der Waals surface area contributed by atoms with Crippen LogP contribution in [-0.2, 0) is 5.92 Å². The lowest BCUT2D eigenvalue weighted by atomic mass is 10.1. The predicted molar refractivity (Wildman–Crippen MR) is 56.4 cm³/mol. The Labute approximate surface area is 107 Å². The van der Waals surface area contributed by atoms with Crippen LogP contribution in [0.2, 0.25) is 0 Å². The predicted octanol–water partition coefficient (Wildman–Crippen LogP) is 2.98. The molecule has 0 aliphatic rings. The van der Waals surface area contributed by atoms with Gasteiger partial charge >= 0.3 is 18.1 Å². The van der Waals surface area contributed by atoms with Gasteiger partial charge in [0.05, 0.1) is 5.56 Å². The number of carboxylic acids is 1. The highest BCUT2D eigenvalue weighted by Crippen LogP contribution is 2.44. The summed E-state index contributed by atoms with van der Waals surface area (Å²) in [7, 11) is 0. The lowest BCUT2D eigenvalue weighted by molar-refractivity contribution is -0.291. The van der Waals surface area contributed by atoms with Crippen LogP contribution in [0, 0.1) is 0 Å². The molecule has 20 heavy (non-hydrogen) atoms. The van der Waals surface area contributed by atoms with Crippen LogP contribution in [0.5, 0.6) is 0 Å². The fourth-order valence-electron chi connectivity index (χ4n) is 1.54. The highest BCUT2D eigenvalue weighted by Gasteiger charge is 2.61. The third-order valence-electron chi connectivity index (χ3n) is 2.47. The Kier molecular flexibility index (Phi) is 3.07. The number of halogens is 5. The highest BCUT2D eigenvalue weighted by atomic mass is 19.4. The Bertz CT molecular complexity index is 684. The third kappa shape index (κ3) is 2.15. The molecule has 0 saturated heterocycles. The summed E-state index contributed by atoms with van der Waals surface area (Å²) in [5, 5.41) is 8.84. The van der Waals surface area contributed by atoms with Crippen LogP contribution >= 0.6 is 0 Å². The minimum Gasteiger partial charge on any atom is -0.478 e. The third-order valence-corrected chi connectivity index (χ3v) is 2.47. The summed E-state index contributed by atoms with van der Waals surface area (Å²) in [6, 6.07) is 3.36. The fourth-order valence-corrected chi connectivity index (χ4v) is 1.54. The summed E-state index contributed by atoms with van der Waals surface area (Å²) in [5.41, 5.74) is -3.48. The van der Waals surface area contributed by atoms with Gasteiger partial charge in [0, 0.05) is 11.6 Å². The van der Waals surface area contributed by atoms with E-state index in [4.69, 9.17) is 5.11 Å². The molecule has 0 aromatic carbocycles. The molecule has 2 heterocycles. The van der Waals surface area contributed by atoms with Crippen LogP contribution in [-0.4, -0.2) is 27.2 Å². The molecule has 9 heteroatoms. The number of pyridine rings is 2. The second kappa shape index (κ2) is 4.36. The van der Waals surface area contributed by atoms with Crippen molar-refractivity contribution in [1.29, 1.82) is 0 Å². The van der Waals surface area contributed by atoms with Gasteiger partial charge < -0.3 is 5.11 Å². The number of fused-ring (bicyclic) bond motifs is 1. The summed E-state index contributed by atoms with van der Waals surface area (Å²) in [5.74, 6) is -7.31. The molecule has 0 unspecified atom stereocenters. The standard InChI is InChI=1S/C11H5F5N2O2/c12-10(13,11(14,15)16)7-6(9(19)20)4-5-2-1-3-17-8(5)18-7/h1-4H,(H,19,20). The number of hydrogen-bond donors (Lipinski definition) is 1. The van der Waals surface area contributed by atoms with Crippen molar-refractivity contribution >= 4 is 17.0 Å². The maximum atomic E-state index is 13.3. The van der Waals surface area contributed by atoms with E-state index in [2.05, 4.69) is 9.97 Å². The van der Waals surface area contributed by atoms with Gasteiger partial charge in [-0.1, -0.05) is 0 Å². The number of nitrogens with zero attached hydrogens (tertiary/aromatic N) is 2. The average Bonchev–Trinajstić information content (AvgIpc) is 2.35. The zero-order valence-corrected chi connectivity index (χ0v) is 9.45. The first kappa shape index (κ1) is 14.1. The molecule has 2 aromatic rings. The van der Waals surface area contributed by atoms with Crippen molar-refractivity contribution in [3.8, 4) is 0 Å². The van der Waals surface area contributed by atoms with Gasteiger partial charge in [-0.25, -0.2) is 14.8 Å². The van der Waals surface area contributed by atoms with E-state index in [1.54, 1.807) is 0 Å². The van der Waals surface area contributed by atoms with Crippen molar-refractivity contribution in [3.63, 3.8) is 0 Å². The lowest BCUT2D eigenvalue weighted by Gasteiger charge is -2.20. The maximum absolute atomic E-state index is 13.3. The molecule has 0 aliphatic carbocycles. The van der Waals surface area contributed by atoms with E-state index in [0.29, 0.717) is 6.07 Å². The van der Waals surface area contributed by atoms with Gasteiger partial charge in [0.25, 0.3) is 0 Å². The van der Waals surface area contributed by atoms with Gasteiger partial charge in [-0.05, 0) is 18.2 Å². The molecule has 0 aliphatic heterocycles. The van der Waals surface area contributed by atoms with Gasteiger partial charge in [-0.3, -0.25) is 0 Å². The smallest absolute Gasteiger partial charge is 0.459 e. The van der Waals surface area contributed by atoms with Crippen LogP contribution < -0.4 is 0 Å². The second-order valence-corrected chi connectivity index (χ2v) is 3.81. The van der Waals surface area contributed by atoms with E-state index in [-0.39, 0.29) is 5.39 Å². The van der Waals surface area contributed by atoms with Crippen molar-refractivity contribution in [2.75, 3.05) is 0 Å². The molecule has 2 rings (SSSR count). The van der Waals surface area contributed by atoms with E-state index in [1.807, 2.05) is 0 Å². The average molecular weight is 292 g/mol. The largest absolute Gasteiger partial charge is 0.478 e. The van der Waals surface area contributed by atoms with Crippen LogP contribution in [0.3, 0.4) is 0 Å². The summed E-state index contributed by atoms with van der Waals surface area (Å²) < 4.78 is 63.7. The van der Waals surface area contributed by atoms with Crippen molar-refractivity contribution in [1.82, 2.24) is 9.97 Å². The Morgan fingerprint density at radius 3 is 2.40 bits per heavy atom. The zero-order chi connectivity index (χ0) is 15.1. The maximum Gasteiger partial charge on any atom is 0.459 e. The number of rotatable bonds is 2. The van der Waals surface area contributed by atoms with E-state index in [1.165, 1.54) is 12.1 Å². The van der Waals surface area contributed by atoms with Gasteiger partial charge in [0.2, 0.25) is 0 Å². The first-order valence-corrected chi connectivity index (χ1v) is 5.08. The SMILES string of the molecule is O=C(O)c1cc2cccnc2nc1C(F)(F)C(F)(F)F. The summed E-state index contributed by atoms with van der Waals surface area (Å²) >= 11 is 0. The van der Waals surface area contributed by atoms with Crippen LogP contribution in [0.4, 0.5) is 22.0 Å². The molecular weight excluding hydrogens is 287 g/mol. The molecule has 1 N–H and O–H groups in total.